The number of aliphatic imine (C=N–C) groups is 1. The van der Waals surface area contributed by atoms with Crippen molar-refractivity contribution in [3.05, 3.63) is 35.8 Å². The molecule has 0 N–H and O–H groups in total. The Bertz CT molecular complexity index is 228. The average molecular weight is 131 g/mol. The Morgan fingerprint density at radius 2 is 2.40 bits per heavy atom. The third kappa shape index (κ3) is 0.778. The van der Waals surface area contributed by atoms with Gasteiger partial charge in [0.15, 0.2) is 0 Å². The van der Waals surface area contributed by atoms with Gasteiger partial charge in [-0.05, 0) is 11.6 Å². The molecule has 0 aliphatic carbocycles. The van der Waals surface area contributed by atoms with Crippen LogP contribution in [-0.2, 0) is 0 Å². The molecule has 2 heterocycles. The number of fused-ring (bicyclic) bond motifs is 1. The van der Waals surface area contributed by atoms with Crippen molar-refractivity contribution in [1.82, 2.24) is 5.32 Å². The van der Waals surface area contributed by atoms with E-state index in [0.717, 1.165) is 12.1 Å². The SMILES string of the molecule is C1=C[N]C2=CN=CCC2=C1. The third-order valence-electron chi connectivity index (χ3n) is 1.54. The van der Waals surface area contributed by atoms with Crippen molar-refractivity contribution in [3.63, 3.8) is 0 Å². The van der Waals surface area contributed by atoms with Crippen LogP contribution in [0.25, 0.3) is 0 Å². The van der Waals surface area contributed by atoms with Crippen LogP contribution in [0.1, 0.15) is 6.42 Å². The second-order valence-electron chi connectivity index (χ2n) is 2.21. The second kappa shape index (κ2) is 2.14. The Hall–Kier alpha value is -1.31. The summed E-state index contributed by atoms with van der Waals surface area (Å²) in [7, 11) is 0. The summed E-state index contributed by atoms with van der Waals surface area (Å²) in [6, 6.07) is 0. The van der Waals surface area contributed by atoms with Crippen LogP contribution in [-0.4, -0.2) is 6.21 Å². The summed E-state index contributed by atoms with van der Waals surface area (Å²) in [4.78, 5) is 4.01. The van der Waals surface area contributed by atoms with Gasteiger partial charge in [0.05, 0.1) is 11.9 Å². The first kappa shape index (κ1) is 5.47. The highest BCUT2D eigenvalue weighted by Gasteiger charge is 2.08. The van der Waals surface area contributed by atoms with Gasteiger partial charge >= 0.3 is 0 Å². The fraction of sp³-hybridized carbons (Fsp3) is 0.125. The summed E-state index contributed by atoms with van der Waals surface area (Å²) in [6.07, 6.45) is 10.4. The fourth-order valence-electron chi connectivity index (χ4n) is 1.01. The van der Waals surface area contributed by atoms with Crippen molar-refractivity contribution < 1.29 is 0 Å². The van der Waals surface area contributed by atoms with Crippen LogP contribution in [0.2, 0.25) is 0 Å². The van der Waals surface area contributed by atoms with E-state index < -0.39 is 0 Å². The van der Waals surface area contributed by atoms with Gasteiger partial charge in [-0.1, -0.05) is 6.08 Å². The molecule has 2 rings (SSSR count). The maximum absolute atomic E-state index is 4.15. The summed E-state index contributed by atoms with van der Waals surface area (Å²) in [5.41, 5.74) is 2.27. The topological polar surface area (TPSA) is 26.5 Å². The molecular weight excluding hydrogens is 124 g/mol. The largest absolute Gasteiger partial charge is 0.266 e. The number of allylic oxidation sites excluding steroid dienone is 3. The summed E-state index contributed by atoms with van der Waals surface area (Å²) in [5, 5.41) is 4.15. The van der Waals surface area contributed by atoms with Crippen LogP contribution < -0.4 is 5.32 Å². The Labute approximate surface area is 59.7 Å². The normalized spacial score (nSPS) is 20.8. The van der Waals surface area contributed by atoms with Crippen LogP contribution in [0, 0.1) is 0 Å². The zero-order chi connectivity index (χ0) is 6.81. The summed E-state index contributed by atoms with van der Waals surface area (Å²) in [5.74, 6) is 0. The molecule has 1 radical (unpaired) electrons. The molecule has 0 fully saturated rings. The molecule has 49 valence electrons. The first-order valence-electron chi connectivity index (χ1n) is 3.25. The number of rotatable bonds is 0. The van der Waals surface area contributed by atoms with Gasteiger partial charge in [0.25, 0.3) is 0 Å². The molecule has 0 saturated carbocycles. The van der Waals surface area contributed by atoms with E-state index in [2.05, 4.69) is 16.4 Å². The van der Waals surface area contributed by atoms with Crippen molar-refractivity contribution in [2.75, 3.05) is 0 Å². The smallest absolute Gasteiger partial charge is 0.0847 e. The Balaban J connectivity index is 2.38. The highest BCUT2D eigenvalue weighted by molar-refractivity contribution is 5.67. The Kier molecular flexibility index (Phi) is 1.17. The molecule has 0 spiro atoms. The second-order valence-corrected chi connectivity index (χ2v) is 2.21. The number of hydrogen-bond donors (Lipinski definition) is 0. The van der Waals surface area contributed by atoms with E-state index in [0.29, 0.717) is 0 Å². The summed E-state index contributed by atoms with van der Waals surface area (Å²) < 4.78 is 0. The highest BCUT2D eigenvalue weighted by atomic mass is 14.9. The van der Waals surface area contributed by atoms with E-state index in [1.54, 1.807) is 12.4 Å². The molecule has 10 heavy (non-hydrogen) atoms. The van der Waals surface area contributed by atoms with E-state index in [-0.39, 0.29) is 0 Å². The van der Waals surface area contributed by atoms with Crippen molar-refractivity contribution >= 4 is 6.21 Å². The van der Waals surface area contributed by atoms with Crippen molar-refractivity contribution in [1.29, 1.82) is 0 Å². The lowest BCUT2D eigenvalue weighted by Gasteiger charge is -2.12. The molecule has 0 aromatic heterocycles. The zero-order valence-electron chi connectivity index (χ0n) is 5.49. The van der Waals surface area contributed by atoms with Crippen LogP contribution in [0.3, 0.4) is 0 Å². The number of hydrogen-bond acceptors (Lipinski definition) is 1. The van der Waals surface area contributed by atoms with Gasteiger partial charge in [0.1, 0.15) is 0 Å². The van der Waals surface area contributed by atoms with E-state index in [4.69, 9.17) is 0 Å². The molecule has 2 nitrogen and oxygen atoms in total. The standard InChI is InChI=1S/C8H7N2/c1-2-7-3-5-9-6-8(7)10-4-1/h1-2,4-6H,3H2. The highest BCUT2D eigenvalue weighted by Crippen LogP contribution is 2.18. The third-order valence-corrected chi connectivity index (χ3v) is 1.54. The van der Waals surface area contributed by atoms with Crippen LogP contribution in [0.4, 0.5) is 0 Å². The van der Waals surface area contributed by atoms with Gasteiger partial charge in [-0.25, -0.2) is 0 Å². The van der Waals surface area contributed by atoms with Crippen LogP contribution in [0.5, 0.6) is 0 Å². The zero-order valence-corrected chi connectivity index (χ0v) is 5.49. The minimum atomic E-state index is 0.916. The molecule has 2 aliphatic rings. The predicted octanol–water partition coefficient (Wildman–Crippen LogP) is 1.36. The molecule has 0 aromatic rings. The van der Waals surface area contributed by atoms with Crippen molar-refractivity contribution in [2.24, 2.45) is 4.99 Å². The van der Waals surface area contributed by atoms with E-state index in [1.807, 2.05) is 12.3 Å². The molecule has 0 saturated heterocycles. The van der Waals surface area contributed by atoms with Crippen molar-refractivity contribution in [2.45, 2.75) is 6.42 Å². The van der Waals surface area contributed by atoms with Gasteiger partial charge in [0.2, 0.25) is 0 Å². The first-order valence-corrected chi connectivity index (χ1v) is 3.25. The maximum atomic E-state index is 4.15. The van der Waals surface area contributed by atoms with Crippen LogP contribution >= 0.6 is 0 Å². The molecule has 2 heteroatoms. The summed E-state index contributed by atoms with van der Waals surface area (Å²) >= 11 is 0. The van der Waals surface area contributed by atoms with E-state index in [9.17, 15) is 0 Å². The molecule has 0 bridgehead atoms. The molecule has 0 atom stereocenters. The van der Waals surface area contributed by atoms with Gasteiger partial charge in [0, 0.05) is 18.8 Å². The van der Waals surface area contributed by atoms with E-state index >= 15 is 0 Å². The average Bonchev–Trinajstić information content (AvgIpc) is 2.05. The molecule has 0 aromatic carbocycles. The maximum Gasteiger partial charge on any atom is 0.0847 e. The minimum absolute atomic E-state index is 0.916. The van der Waals surface area contributed by atoms with Gasteiger partial charge in [-0.2, -0.15) is 0 Å². The first-order chi connectivity index (χ1) is 4.97. The Morgan fingerprint density at radius 1 is 1.40 bits per heavy atom. The monoisotopic (exact) mass is 131 g/mol. The van der Waals surface area contributed by atoms with Crippen molar-refractivity contribution in [3.8, 4) is 0 Å². The fourth-order valence-corrected chi connectivity index (χ4v) is 1.01. The molecule has 0 amide bonds. The van der Waals surface area contributed by atoms with Crippen LogP contribution in [0.15, 0.2) is 40.8 Å². The lowest BCUT2D eigenvalue weighted by molar-refractivity contribution is 0.990. The quantitative estimate of drug-likeness (QED) is 0.474. The lowest BCUT2D eigenvalue weighted by atomic mass is 10.1. The molecular formula is C8H7N2. The summed E-state index contributed by atoms with van der Waals surface area (Å²) in [6.45, 7) is 0. The Morgan fingerprint density at radius 3 is 3.30 bits per heavy atom. The van der Waals surface area contributed by atoms with E-state index in [1.165, 1.54) is 5.57 Å². The van der Waals surface area contributed by atoms with Gasteiger partial charge < -0.3 is 0 Å². The lowest BCUT2D eigenvalue weighted by Crippen LogP contribution is -2.06. The number of nitrogens with zero attached hydrogens (tertiary/aromatic N) is 2. The molecule has 2 aliphatic heterocycles. The molecule has 0 unspecified atom stereocenters. The van der Waals surface area contributed by atoms with Gasteiger partial charge in [-0.3, -0.25) is 10.3 Å². The van der Waals surface area contributed by atoms with Gasteiger partial charge in [-0.15, -0.1) is 0 Å². The minimum Gasteiger partial charge on any atom is -0.266 e. The predicted molar refractivity (Wildman–Crippen MR) is 40.5 cm³/mol.